The average Bonchev–Trinajstić information content (AvgIpc) is 1.85. The zero-order chi connectivity index (χ0) is 7.98. The smallest absolute Gasteiger partial charge is 0.332 e. The summed E-state index contributed by atoms with van der Waals surface area (Å²) < 4.78 is 0. The van der Waals surface area contributed by atoms with Crippen LogP contribution in [0.2, 0.25) is 0 Å². The first-order valence-electron chi connectivity index (χ1n) is 2.44. The highest BCUT2D eigenvalue weighted by molar-refractivity contribution is 6.29. The van der Waals surface area contributed by atoms with Crippen LogP contribution in [0.5, 0.6) is 0 Å². The molecule has 0 saturated heterocycles. The van der Waals surface area contributed by atoms with Gasteiger partial charge in [-0.3, -0.25) is 0 Å². The van der Waals surface area contributed by atoms with Gasteiger partial charge in [-0.05, 0) is 6.92 Å². The van der Waals surface area contributed by atoms with Crippen LogP contribution in [0.25, 0.3) is 0 Å². The maximum absolute atomic E-state index is 10.0. The molecule has 0 aromatic heterocycles. The van der Waals surface area contributed by atoms with Gasteiger partial charge in [0.15, 0.2) is 0 Å². The molecule has 6 heteroatoms. The first-order chi connectivity index (χ1) is 4.66. The molecule has 6 nitrogen and oxygen atoms in total. The number of hydrogen-bond acceptors (Lipinski definition) is 4. The van der Waals surface area contributed by atoms with E-state index in [9.17, 15) is 4.79 Å². The number of rotatable bonds is 2. The number of hydrazone groups is 1. The van der Waals surface area contributed by atoms with Crippen molar-refractivity contribution in [1.29, 1.82) is 0 Å². The molecule has 0 heterocycles. The van der Waals surface area contributed by atoms with Crippen molar-refractivity contribution in [2.24, 2.45) is 16.0 Å². The van der Waals surface area contributed by atoms with Gasteiger partial charge in [-0.25, -0.2) is 10.2 Å². The van der Waals surface area contributed by atoms with E-state index in [0.29, 0.717) is 5.71 Å². The summed E-state index contributed by atoms with van der Waals surface area (Å²) >= 11 is 0. The molecule has 10 heavy (non-hydrogen) atoms. The molecule has 0 aliphatic rings. The van der Waals surface area contributed by atoms with E-state index in [0.717, 1.165) is 6.21 Å². The average molecular weight is 144 g/mol. The minimum atomic E-state index is -0.759. The fraction of sp³-hybridized carbons (Fsp3) is 0.250. The van der Waals surface area contributed by atoms with E-state index in [1.165, 1.54) is 6.92 Å². The minimum absolute atomic E-state index is 0.348. The number of hydrogen-bond donors (Lipinski definition) is 3. The Kier molecular flexibility index (Phi) is 3.62. The summed E-state index contributed by atoms with van der Waals surface area (Å²) in [5, 5.41) is 14.0. The number of carbonyl (C=O) groups is 1. The van der Waals surface area contributed by atoms with Crippen LogP contribution in [0.1, 0.15) is 6.92 Å². The van der Waals surface area contributed by atoms with E-state index in [4.69, 9.17) is 5.21 Å². The van der Waals surface area contributed by atoms with Crippen molar-refractivity contribution in [1.82, 2.24) is 5.43 Å². The second-order valence-electron chi connectivity index (χ2n) is 1.47. The monoisotopic (exact) mass is 144 g/mol. The van der Waals surface area contributed by atoms with E-state index < -0.39 is 6.03 Å². The third-order valence-electron chi connectivity index (χ3n) is 0.587. The van der Waals surface area contributed by atoms with Gasteiger partial charge in [0.05, 0.1) is 11.9 Å². The van der Waals surface area contributed by atoms with E-state index in [1.54, 1.807) is 0 Å². The zero-order valence-corrected chi connectivity index (χ0v) is 5.40. The van der Waals surface area contributed by atoms with Crippen LogP contribution >= 0.6 is 0 Å². The van der Waals surface area contributed by atoms with Gasteiger partial charge in [-0.2, -0.15) is 5.10 Å². The molecule has 0 aliphatic carbocycles. The lowest BCUT2D eigenvalue weighted by Crippen LogP contribution is -2.25. The van der Waals surface area contributed by atoms with Crippen molar-refractivity contribution in [3.05, 3.63) is 0 Å². The molecule has 0 rings (SSSR count). The van der Waals surface area contributed by atoms with Gasteiger partial charge < -0.3 is 10.9 Å². The van der Waals surface area contributed by atoms with Crippen molar-refractivity contribution < 1.29 is 10.0 Å². The summed E-state index contributed by atoms with van der Waals surface area (Å²) in [6.07, 6.45) is 1.07. The van der Waals surface area contributed by atoms with E-state index in [1.807, 2.05) is 5.43 Å². The van der Waals surface area contributed by atoms with E-state index >= 15 is 0 Å². The standard InChI is InChI=1S/C4H8N4O2/c1-3(2-6-10)7-8-4(5)9/h2,10H,1H3,(H3,5,8,9). The van der Waals surface area contributed by atoms with Gasteiger partial charge in [-0.1, -0.05) is 5.16 Å². The molecule has 0 spiro atoms. The summed E-state index contributed by atoms with van der Waals surface area (Å²) in [6, 6.07) is -0.759. The maximum Gasteiger partial charge on any atom is 0.332 e. The first-order valence-corrected chi connectivity index (χ1v) is 2.44. The largest absolute Gasteiger partial charge is 0.411 e. The number of amides is 2. The van der Waals surface area contributed by atoms with Crippen molar-refractivity contribution in [2.75, 3.05) is 0 Å². The Morgan fingerprint density at radius 3 is 2.80 bits per heavy atom. The lowest BCUT2D eigenvalue weighted by atomic mass is 10.5. The predicted molar refractivity (Wildman–Crippen MR) is 36.1 cm³/mol. The van der Waals surface area contributed by atoms with Crippen molar-refractivity contribution in [2.45, 2.75) is 6.92 Å². The van der Waals surface area contributed by atoms with E-state index in [2.05, 4.69) is 16.0 Å². The molecule has 4 N–H and O–H groups in total. The fourth-order valence-electron chi connectivity index (χ4n) is 0.256. The zero-order valence-electron chi connectivity index (χ0n) is 5.40. The SMILES string of the molecule is CC(C=NO)=NNC(N)=O. The quantitative estimate of drug-likeness (QED) is 0.276. The van der Waals surface area contributed by atoms with Gasteiger partial charge in [0.25, 0.3) is 0 Å². The topological polar surface area (TPSA) is 100 Å². The molecule has 0 aromatic carbocycles. The Balaban J connectivity index is 3.80. The minimum Gasteiger partial charge on any atom is -0.411 e. The molecule has 0 aliphatic heterocycles. The third kappa shape index (κ3) is 4.57. The van der Waals surface area contributed by atoms with Crippen LogP contribution in [0.15, 0.2) is 10.3 Å². The summed E-state index contributed by atoms with van der Waals surface area (Å²) in [4.78, 5) is 10.0. The number of nitrogens with zero attached hydrogens (tertiary/aromatic N) is 2. The molecule has 0 saturated carbocycles. The van der Waals surface area contributed by atoms with Crippen LogP contribution in [-0.2, 0) is 0 Å². The molecule has 0 unspecified atom stereocenters. The molecule has 0 atom stereocenters. The number of primary amides is 1. The number of urea groups is 1. The first kappa shape index (κ1) is 8.41. The highest BCUT2D eigenvalue weighted by atomic mass is 16.4. The molecular weight excluding hydrogens is 136 g/mol. The second-order valence-corrected chi connectivity index (χ2v) is 1.47. The van der Waals surface area contributed by atoms with Gasteiger partial charge in [-0.15, -0.1) is 0 Å². The number of oxime groups is 1. The van der Waals surface area contributed by atoms with Gasteiger partial charge in [0, 0.05) is 0 Å². The maximum atomic E-state index is 10.0. The predicted octanol–water partition coefficient (Wildman–Crippen LogP) is -0.509. The molecule has 0 fully saturated rings. The van der Waals surface area contributed by atoms with Crippen molar-refractivity contribution in [3.8, 4) is 0 Å². The van der Waals surface area contributed by atoms with Gasteiger partial charge in [0.1, 0.15) is 0 Å². The van der Waals surface area contributed by atoms with Crippen LogP contribution in [0.4, 0.5) is 4.79 Å². The van der Waals surface area contributed by atoms with Crippen LogP contribution in [0, 0.1) is 0 Å². The highest BCUT2D eigenvalue weighted by Crippen LogP contribution is 1.68. The summed E-state index contributed by atoms with van der Waals surface area (Å²) in [5.41, 5.74) is 6.98. The van der Waals surface area contributed by atoms with Crippen LogP contribution in [-0.4, -0.2) is 23.2 Å². The lowest BCUT2D eigenvalue weighted by molar-refractivity contribution is 0.249. The summed E-state index contributed by atoms with van der Waals surface area (Å²) in [5.74, 6) is 0. The fourth-order valence-corrected chi connectivity index (χ4v) is 0.256. The molecular formula is C4H8N4O2. The van der Waals surface area contributed by atoms with Gasteiger partial charge >= 0.3 is 6.03 Å². The van der Waals surface area contributed by atoms with Crippen LogP contribution in [0.3, 0.4) is 0 Å². The van der Waals surface area contributed by atoms with Crippen LogP contribution < -0.4 is 11.2 Å². The van der Waals surface area contributed by atoms with E-state index in [-0.39, 0.29) is 0 Å². The number of carbonyl (C=O) groups excluding carboxylic acids is 1. The Morgan fingerprint density at radius 1 is 1.80 bits per heavy atom. The Labute approximate surface area is 57.4 Å². The van der Waals surface area contributed by atoms with Gasteiger partial charge in [0.2, 0.25) is 0 Å². The van der Waals surface area contributed by atoms with Crippen molar-refractivity contribution in [3.63, 3.8) is 0 Å². The molecule has 2 amide bonds. The Hall–Kier alpha value is -1.59. The second kappa shape index (κ2) is 4.30. The molecule has 56 valence electrons. The molecule has 0 radical (unpaired) electrons. The number of nitrogens with one attached hydrogen (secondary N) is 1. The Bertz CT molecular complexity index is 174. The summed E-state index contributed by atoms with van der Waals surface area (Å²) in [7, 11) is 0. The molecule has 0 bridgehead atoms. The molecule has 0 aromatic rings. The highest BCUT2D eigenvalue weighted by Gasteiger charge is 1.86. The normalized spacial score (nSPS) is 11.9. The Morgan fingerprint density at radius 2 is 2.40 bits per heavy atom. The summed E-state index contributed by atoms with van der Waals surface area (Å²) in [6.45, 7) is 1.54. The third-order valence-corrected chi connectivity index (χ3v) is 0.587. The van der Waals surface area contributed by atoms with Crippen molar-refractivity contribution >= 4 is 18.0 Å². The lowest BCUT2D eigenvalue weighted by Gasteiger charge is -1.90. The number of nitrogens with two attached hydrogens (primary N) is 1.